The lowest BCUT2D eigenvalue weighted by atomic mass is 10.1. The maximum Gasteiger partial charge on any atom is 0.309 e. The number of aliphatic carboxylic acids is 1. The predicted octanol–water partition coefficient (Wildman–Crippen LogP) is 3.31. The zero-order chi connectivity index (χ0) is 14.3. The first kappa shape index (κ1) is 12.9. The van der Waals surface area contributed by atoms with Gasteiger partial charge in [-0.25, -0.2) is 4.98 Å². The average molecular weight is 286 g/mol. The van der Waals surface area contributed by atoms with E-state index in [9.17, 15) is 4.79 Å². The molecule has 0 saturated heterocycles. The monoisotopic (exact) mass is 286 g/mol. The van der Waals surface area contributed by atoms with Crippen LogP contribution in [0.3, 0.4) is 0 Å². The lowest BCUT2D eigenvalue weighted by Crippen LogP contribution is -2.02. The fraction of sp³-hybridized carbons (Fsp3) is 0.200. The maximum atomic E-state index is 10.8. The summed E-state index contributed by atoms with van der Waals surface area (Å²) < 4.78 is 1.87. The molecule has 2 heterocycles. The Morgan fingerprint density at radius 2 is 2.00 bits per heavy atom. The van der Waals surface area contributed by atoms with Crippen LogP contribution in [0.4, 0.5) is 0 Å². The molecule has 0 saturated carbocycles. The Bertz CT molecular complexity index is 781. The molecule has 0 amide bonds. The highest BCUT2D eigenvalue weighted by molar-refractivity contribution is 7.15. The van der Waals surface area contributed by atoms with E-state index in [4.69, 9.17) is 5.11 Å². The Morgan fingerprint density at radius 1 is 1.30 bits per heavy atom. The Balaban J connectivity index is 2.08. The SMILES string of the molecule is Cc1cc(C)cc(-c2cn3c(CC(=O)O)csc3n2)c1. The van der Waals surface area contributed by atoms with Crippen LogP contribution in [0.2, 0.25) is 0 Å². The fourth-order valence-electron chi connectivity index (χ4n) is 2.37. The molecule has 0 aliphatic heterocycles. The van der Waals surface area contributed by atoms with Gasteiger partial charge in [0.15, 0.2) is 4.96 Å². The molecule has 3 aromatic rings. The molecule has 4 nitrogen and oxygen atoms in total. The number of fused-ring (bicyclic) bond motifs is 1. The summed E-state index contributed by atoms with van der Waals surface area (Å²) in [4.78, 5) is 16.3. The number of benzene rings is 1. The van der Waals surface area contributed by atoms with Gasteiger partial charge in [-0.15, -0.1) is 11.3 Å². The summed E-state index contributed by atoms with van der Waals surface area (Å²) in [7, 11) is 0. The highest BCUT2D eigenvalue weighted by Crippen LogP contribution is 2.25. The molecule has 0 aliphatic rings. The van der Waals surface area contributed by atoms with E-state index in [-0.39, 0.29) is 6.42 Å². The smallest absolute Gasteiger partial charge is 0.309 e. The molecule has 0 fully saturated rings. The molecule has 3 rings (SSSR count). The number of carboxylic acid groups (broad SMARTS) is 1. The Kier molecular flexibility index (Phi) is 3.06. The molecule has 102 valence electrons. The second-order valence-corrected chi connectivity index (χ2v) is 5.79. The number of aryl methyl sites for hydroxylation is 2. The van der Waals surface area contributed by atoms with Crippen molar-refractivity contribution < 1.29 is 9.90 Å². The fourth-order valence-corrected chi connectivity index (χ4v) is 3.25. The van der Waals surface area contributed by atoms with E-state index >= 15 is 0 Å². The van der Waals surface area contributed by atoms with Gasteiger partial charge in [0.1, 0.15) is 0 Å². The van der Waals surface area contributed by atoms with Crippen LogP contribution in [0.1, 0.15) is 16.8 Å². The van der Waals surface area contributed by atoms with Crippen LogP contribution in [-0.2, 0) is 11.2 Å². The number of hydrogen-bond donors (Lipinski definition) is 1. The first-order valence-corrected chi connectivity index (χ1v) is 7.17. The number of imidazole rings is 1. The van der Waals surface area contributed by atoms with Gasteiger partial charge in [-0.05, 0) is 26.0 Å². The number of thiazole rings is 1. The number of carboxylic acids is 1. The van der Waals surface area contributed by atoms with Crippen LogP contribution in [0.25, 0.3) is 16.2 Å². The van der Waals surface area contributed by atoms with Gasteiger partial charge in [-0.2, -0.15) is 0 Å². The van der Waals surface area contributed by atoms with Gasteiger partial charge in [0.2, 0.25) is 0 Å². The summed E-state index contributed by atoms with van der Waals surface area (Å²) in [6, 6.07) is 6.31. The number of nitrogens with zero attached hydrogens (tertiary/aromatic N) is 2. The van der Waals surface area contributed by atoms with Crippen molar-refractivity contribution in [1.29, 1.82) is 0 Å². The quantitative estimate of drug-likeness (QED) is 0.803. The highest BCUT2D eigenvalue weighted by atomic mass is 32.1. The Morgan fingerprint density at radius 3 is 2.65 bits per heavy atom. The van der Waals surface area contributed by atoms with Crippen LogP contribution in [-0.4, -0.2) is 20.5 Å². The zero-order valence-corrected chi connectivity index (χ0v) is 12.1. The van der Waals surface area contributed by atoms with Crippen molar-refractivity contribution >= 4 is 22.3 Å². The number of carbonyl (C=O) groups is 1. The standard InChI is InChI=1S/C15H14N2O2S/c1-9-3-10(2)5-11(4-9)13-7-17-12(6-14(18)19)8-20-15(17)16-13/h3-5,7-8H,6H2,1-2H3,(H,18,19). The van der Waals surface area contributed by atoms with Crippen LogP contribution < -0.4 is 0 Å². The largest absolute Gasteiger partial charge is 0.481 e. The van der Waals surface area contributed by atoms with E-state index in [0.29, 0.717) is 0 Å². The molecule has 0 spiro atoms. The van der Waals surface area contributed by atoms with Gasteiger partial charge >= 0.3 is 5.97 Å². The van der Waals surface area contributed by atoms with Crippen LogP contribution in [0.15, 0.2) is 29.8 Å². The Hall–Kier alpha value is -2.14. The normalized spacial score (nSPS) is 11.1. The van der Waals surface area contributed by atoms with Gasteiger partial charge in [-0.3, -0.25) is 9.20 Å². The van der Waals surface area contributed by atoms with Crippen LogP contribution in [0, 0.1) is 13.8 Å². The van der Waals surface area contributed by atoms with E-state index < -0.39 is 5.97 Å². The Labute approximate surface area is 120 Å². The molecule has 1 N–H and O–H groups in total. The summed E-state index contributed by atoms with van der Waals surface area (Å²) in [5.74, 6) is -0.827. The molecule has 0 atom stereocenters. The summed E-state index contributed by atoms with van der Waals surface area (Å²) in [5, 5.41) is 10.8. The van der Waals surface area contributed by atoms with Crippen molar-refractivity contribution in [3.8, 4) is 11.3 Å². The van der Waals surface area contributed by atoms with Crippen molar-refractivity contribution in [2.24, 2.45) is 0 Å². The molecule has 0 bridgehead atoms. The maximum absolute atomic E-state index is 10.8. The molecule has 0 aliphatic carbocycles. The van der Waals surface area contributed by atoms with Crippen LogP contribution >= 0.6 is 11.3 Å². The molecule has 2 aromatic heterocycles. The molecule has 5 heteroatoms. The molecule has 0 radical (unpaired) electrons. The third-order valence-corrected chi connectivity index (χ3v) is 4.02. The summed E-state index contributed by atoms with van der Waals surface area (Å²) >= 11 is 1.47. The van der Waals surface area contributed by atoms with Crippen molar-refractivity contribution in [3.05, 3.63) is 46.6 Å². The van der Waals surface area contributed by atoms with E-state index in [1.807, 2.05) is 16.0 Å². The lowest BCUT2D eigenvalue weighted by molar-refractivity contribution is -0.136. The van der Waals surface area contributed by atoms with E-state index in [1.165, 1.54) is 22.5 Å². The van der Waals surface area contributed by atoms with E-state index in [1.54, 1.807) is 0 Å². The first-order chi connectivity index (χ1) is 9.52. The van der Waals surface area contributed by atoms with Crippen LogP contribution in [0.5, 0.6) is 0 Å². The average Bonchev–Trinajstić information content (AvgIpc) is 2.89. The van der Waals surface area contributed by atoms with Crippen molar-refractivity contribution in [3.63, 3.8) is 0 Å². The number of aromatic nitrogens is 2. The topological polar surface area (TPSA) is 54.6 Å². The van der Waals surface area contributed by atoms with E-state index in [0.717, 1.165) is 21.9 Å². The van der Waals surface area contributed by atoms with Gasteiger partial charge in [0.05, 0.1) is 12.1 Å². The highest BCUT2D eigenvalue weighted by Gasteiger charge is 2.12. The van der Waals surface area contributed by atoms with Crippen molar-refractivity contribution in [1.82, 2.24) is 9.38 Å². The summed E-state index contributed by atoms with van der Waals surface area (Å²) in [6.07, 6.45) is 1.93. The van der Waals surface area contributed by atoms with Crippen molar-refractivity contribution in [2.45, 2.75) is 20.3 Å². The summed E-state index contributed by atoms with van der Waals surface area (Å²) in [6.45, 7) is 4.12. The van der Waals surface area contributed by atoms with Gasteiger partial charge < -0.3 is 5.11 Å². The second kappa shape index (κ2) is 4.76. The number of hydrogen-bond acceptors (Lipinski definition) is 3. The third kappa shape index (κ3) is 2.32. The summed E-state index contributed by atoms with van der Waals surface area (Å²) in [5.41, 5.74) is 5.11. The van der Waals surface area contributed by atoms with Gasteiger partial charge in [-0.1, -0.05) is 17.2 Å². The molecular weight excluding hydrogens is 272 g/mol. The molecule has 1 aromatic carbocycles. The predicted molar refractivity (Wildman–Crippen MR) is 79.3 cm³/mol. The van der Waals surface area contributed by atoms with Gasteiger partial charge in [0, 0.05) is 22.8 Å². The first-order valence-electron chi connectivity index (χ1n) is 6.29. The second-order valence-electron chi connectivity index (χ2n) is 4.95. The zero-order valence-electron chi connectivity index (χ0n) is 11.3. The minimum atomic E-state index is -0.827. The minimum Gasteiger partial charge on any atom is -0.481 e. The molecule has 20 heavy (non-hydrogen) atoms. The van der Waals surface area contributed by atoms with Crippen molar-refractivity contribution in [2.75, 3.05) is 0 Å². The number of rotatable bonds is 3. The lowest BCUT2D eigenvalue weighted by Gasteiger charge is -2.01. The minimum absolute atomic E-state index is 0.0165. The third-order valence-electron chi connectivity index (χ3n) is 3.13. The molecule has 0 unspecified atom stereocenters. The van der Waals surface area contributed by atoms with E-state index in [2.05, 4.69) is 37.0 Å². The molecular formula is C15H14N2O2S. The van der Waals surface area contributed by atoms with Gasteiger partial charge in [0.25, 0.3) is 0 Å².